The quantitative estimate of drug-likeness (QED) is 0.820. The fraction of sp³-hybridized carbons (Fsp3) is 0.417. The van der Waals surface area contributed by atoms with E-state index in [0.29, 0.717) is 0 Å². The summed E-state index contributed by atoms with van der Waals surface area (Å²) in [5.74, 6) is -1.62. The maximum absolute atomic E-state index is 12.1. The minimum absolute atomic E-state index is 0.0755. The van der Waals surface area contributed by atoms with Gasteiger partial charge in [0.15, 0.2) is 0 Å². The molecule has 0 fully saturated rings. The second-order valence-corrected chi connectivity index (χ2v) is 4.82. The number of rotatable bonds is 5. The average molecular weight is 305 g/mol. The Labute approximate surface area is 120 Å². The lowest BCUT2D eigenvalue weighted by Gasteiger charge is -2.28. The summed E-state index contributed by atoms with van der Waals surface area (Å²) in [5.41, 5.74) is -1.11. The van der Waals surface area contributed by atoms with Crippen molar-refractivity contribution >= 4 is 35.1 Å². The summed E-state index contributed by atoms with van der Waals surface area (Å²) in [6.45, 7) is 3.40. The number of carboxylic acid groups (broad SMARTS) is 1. The third kappa shape index (κ3) is 3.58. The molecule has 104 valence electrons. The van der Waals surface area contributed by atoms with Crippen molar-refractivity contribution in [3.63, 3.8) is 0 Å². The molecule has 2 N–H and O–H groups in total. The van der Waals surface area contributed by atoms with Crippen molar-refractivity contribution in [3.8, 4) is 0 Å². The molecule has 1 amide bonds. The van der Waals surface area contributed by atoms with Crippen molar-refractivity contribution in [1.82, 2.24) is 10.3 Å². The summed E-state index contributed by atoms with van der Waals surface area (Å²) in [5, 5.41) is 11.9. The van der Waals surface area contributed by atoms with Crippen LogP contribution in [0.2, 0.25) is 10.3 Å². The normalized spacial score (nSPS) is 11.2. The van der Waals surface area contributed by atoms with E-state index in [1.165, 1.54) is 12.1 Å². The zero-order chi connectivity index (χ0) is 14.6. The minimum atomic E-state index is -1.29. The second kappa shape index (κ2) is 6.21. The van der Waals surface area contributed by atoms with Crippen LogP contribution in [0.3, 0.4) is 0 Å². The molecule has 0 saturated carbocycles. The van der Waals surface area contributed by atoms with Crippen LogP contribution in [-0.4, -0.2) is 27.5 Å². The first-order valence-electron chi connectivity index (χ1n) is 5.73. The highest BCUT2D eigenvalue weighted by atomic mass is 35.5. The smallest absolute Gasteiger partial charge is 0.329 e. The van der Waals surface area contributed by atoms with Gasteiger partial charge in [-0.05, 0) is 25.0 Å². The zero-order valence-corrected chi connectivity index (χ0v) is 12.0. The first-order valence-corrected chi connectivity index (χ1v) is 6.49. The summed E-state index contributed by atoms with van der Waals surface area (Å²) in [7, 11) is 0. The largest absolute Gasteiger partial charge is 0.480 e. The Kier molecular flexibility index (Phi) is 5.14. The molecular formula is C12H14Cl2N2O3. The van der Waals surface area contributed by atoms with Crippen molar-refractivity contribution in [2.45, 2.75) is 32.2 Å². The van der Waals surface area contributed by atoms with E-state index in [4.69, 9.17) is 23.2 Å². The number of hydrogen-bond acceptors (Lipinski definition) is 3. The number of carboxylic acids is 1. The maximum Gasteiger partial charge on any atom is 0.329 e. The SMILES string of the molecule is CCC(CC)(NC(=O)c1cc(Cl)nc(Cl)c1)C(=O)O. The van der Waals surface area contributed by atoms with E-state index in [1.807, 2.05) is 0 Å². The van der Waals surface area contributed by atoms with E-state index >= 15 is 0 Å². The van der Waals surface area contributed by atoms with Crippen LogP contribution in [0, 0.1) is 0 Å². The van der Waals surface area contributed by atoms with Crippen molar-refractivity contribution in [1.29, 1.82) is 0 Å². The van der Waals surface area contributed by atoms with Crippen LogP contribution in [-0.2, 0) is 4.79 Å². The third-order valence-electron chi connectivity index (χ3n) is 2.99. The zero-order valence-electron chi connectivity index (χ0n) is 10.5. The number of nitrogens with zero attached hydrogens (tertiary/aromatic N) is 1. The van der Waals surface area contributed by atoms with Gasteiger partial charge in [0, 0.05) is 5.56 Å². The number of hydrogen-bond donors (Lipinski definition) is 2. The number of nitrogens with one attached hydrogen (secondary N) is 1. The van der Waals surface area contributed by atoms with Crippen LogP contribution in [0.5, 0.6) is 0 Å². The fourth-order valence-electron chi connectivity index (χ4n) is 1.67. The van der Waals surface area contributed by atoms with E-state index in [9.17, 15) is 14.7 Å². The Hall–Kier alpha value is -1.33. The van der Waals surface area contributed by atoms with Crippen LogP contribution >= 0.6 is 23.2 Å². The number of carbonyl (C=O) groups excluding carboxylic acids is 1. The fourth-order valence-corrected chi connectivity index (χ4v) is 2.13. The molecule has 0 aliphatic heterocycles. The topological polar surface area (TPSA) is 79.3 Å². The first-order chi connectivity index (χ1) is 8.84. The molecular weight excluding hydrogens is 291 g/mol. The lowest BCUT2D eigenvalue weighted by Crippen LogP contribution is -2.53. The number of aromatic nitrogens is 1. The minimum Gasteiger partial charge on any atom is -0.480 e. The molecule has 0 saturated heterocycles. The van der Waals surface area contributed by atoms with Crippen LogP contribution < -0.4 is 5.32 Å². The monoisotopic (exact) mass is 304 g/mol. The summed E-state index contributed by atoms with van der Waals surface area (Å²) >= 11 is 11.4. The Morgan fingerprint density at radius 1 is 1.26 bits per heavy atom. The highest BCUT2D eigenvalue weighted by Crippen LogP contribution is 2.19. The lowest BCUT2D eigenvalue weighted by atomic mass is 9.92. The summed E-state index contributed by atoms with van der Waals surface area (Å²) in [6, 6.07) is 2.67. The molecule has 0 unspecified atom stereocenters. The molecule has 1 rings (SSSR count). The lowest BCUT2D eigenvalue weighted by molar-refractivity contribution is -0.144. The van der Waals surface area contributed by atoms with Gasteiger partial charge < -0.3 is 10.4 Å². The van der Waals surface area contributed by atoms with E-state index in [-0.39, 0.29) is 28.7 Å². The summed E-state index contributed by atoms with van der Waals surface area (Å²) in [6.07, 6.45) is 0.550. The van der Waals surface area contributed by atoms with Gasteiger partial charge in [0.2, 0.25) is 0 Å². The predicted molar refractivity (Wildman–Crippen MR) is 72.7 cm³/mol. The Morgan fingerprint density at radius 2 is 1.74 bits per heavy atom. The third-order valence-corrected chi connectivity index (χ3v) is 3.38. The van der Waals surface area contributed by atoms with Crippen molar-refractivity contribution in [2.75, 3.05) is 0 Å². The van der Waals surface area contributed by atoms with Gasteiger partial charge in [0.1, 0.15) is 15.8 Å². The number of amides is 1. The molecule has 0 bridgehead atoms. The summed E-state index contributed by atoms with van der Waals surface area (Å²) in [4.78, 5) is 27.1. The molecule has 1 aromatic rings. The molecule has 1 heterocycles. The standard InChI is InChI=1S/C12H14Cl2N2O3/c1-3-12(4-2,11(18)19)16-10(17)7-5-8(13)15-9(14)6-7/h5-6H,3-4H2,1-2H3,(H,16,17)(H,18,19). The van der Waals surface area contributed by atoms with Crippen LogP contribution in [0.15, 0.2) is 12.1 Å². The van der Waals surface area contributed by atoms with Gasteiger partial charge in [-0.15, -0.1) is 0 Å². The molecule has 5 nitrogen and oxygen atoms in total. The van der Waals surface area contributed by atoms with Crippen LogP contribution in [0.4, 0.5) is 0 Å². The van der Waals surface area contributed by atoms with E-state index in [0.717, 1.165) is 0 Å². The maximum atomic E-state index is 12.1. The number of pyridine rings is 1. The molecule has 19 heavy (non-hydrogen) atoms. The van der Waals surface area contributed by atoms with Crippen LogP contribution in [0.1, 0.15) is 37.0 Å². The van der Waals surface area contributed by atoms with Crippen molar-refractivity contribution in [2.24, 2.45) is 0 Å². The highest BCUT2D eigenvalue weighted by molar-refractivity contribution is 6.33. The van der Waals surface area contributed by atoms with Gasteiger partial charge in [-0.3, -0.25) is 4.79 Å². The molecule has 0 radical (unpaired) electrons. The molecule has 0 aliphatic carbocycles. The van der Waals surface area contributed by atoms with Gasteiger partial charge in [0.05, 0.1) is 0 Å². The van der Waals surface area contributed by atoms with E-state index < -0.39 is 17.4 Å². The average Bonchev–Trinajstić information content (AvgIpc) is 2.34. The van der Waals surface area contributed by atoms with Crippen molar-refractivity contribution < 1.29 is 14.7 Å². The van der Waals surface area contributed by atoms with Crippen LogP contribution in [0.25, 0.3) is 0 Å². The Morgan fingerprint density at radius 3 is 2.11 bits per heavy atom. The highest BCUT2D eigenvalue weighted by Gasteiger charge is 2.36. The van der Waals surface area contributed by atoms with Crippen molar-refractivity contribution in [3.05, 3.63) is 28.0 Å². The molecule has 0 atom stereocenters. The van der Waals surface area contributed by atoms with E-state index in [1.54, 1.807) is 13.8 Å². The van der Waals surface area contributed by atoms with Gasteiger partial charge in [-0.1, -0.05) is 37.0 Å². The predicted octanol–water partition coefficient (Wildman–Crippen LogP) is 2.76. The molecule has 1 aromatic heterocycles. The van der Waals surface area contributed by atoms with Gasteiger partial charge >= 0.3 is 5.97 Å². The molecule has 0 spiro atoms. The molecule has 0 aliphatic rings. The van der Waals surface area contributed by atoms with Gasteiger partial charge in [-0.2, -0.15) is 0 Å². The van der Waals surface area contributed by atoms with Gasteiger partial charge in [-0.25, -0.2) is 9.78 Å². The summed E-state index contributed by atoms with van der Waals surface area (Å²) < 4.78 is 0. The Balaban J connectivity index is 3.03. The van der Waals surface area contributed by atoms with Gasteiger partial charge in [0.25, 0.3) is 5.91 Å². The first kappa shape index (κ1) is 15.7. The Bertz CT molecular complexity index is 481. The molecule has 7 heteroatoms. The second-order valence-electron chi connectivity index (χ2n) is 4.05. The molecule has 0 aromatic carbocycles. The number of carbonyl (C=O) groups is 2. The van der Waals surface area contributed by atoms with E-state index in [2.05, 4.69) is 10.3 Å². The number of aliphatic carboxylic acids is 1. The number of halogens is 2.